The van der Waals surface area contributed by atoms with Crippen LogP contribution in [-0.2, 0) is 17.1 Å². The van der Waals surface area contributed by atoms with Crippen LogP contribution in [-0.4, -0.2) is 30.6 Å². The maximum absolute atomic E-state index is 8.36. The summed E-state index contributed by atoms with van der Waals surface area (Å²) in [6, 6.07) is 12.1. The van der Waals surface area contributed by atoms with Crippen LogP contribution in [0.2, 0.25) is 0 Å². The molecule has 2 N–H and O–H groups in total. The molecule has 0 aliphatic carbocycles. The van der Waals surface area contributed by atoms with E-state index >= 15 is 0 Å². The van der Waals surface area contributed by atoms with Crippen LogP contribution in [0.15, 0.2) is 48.8 Å². The second kappa shape index (κ2) is 9.82. The summed E-state index contributed by atoms with van der Waals surface area (Å²) in [6.45, 7) is 0. The first-order chi connectivity index (χ1) is 10.4. The molecule has 23 heavy (non-hydrogen) atoms. The zero-order valence-corrected chi connectivity index (χ0v) is 12.2. The molecule has 3 aromatic rings. The van der Waals surface area contributed by atoms with E-state index in [1.807, 2.05) is 12.1 Å². The van der Waals surface area contributed by atoms with Crippen molar-refractivity contribution in [3.8, 4) is 0 Å². The molecule has 11 heteroatoms. The van der Waals surface area contributed by atoms with E-state index in [-0.39, 0.29) is 17.1 Å². The fourth-order valence-electron chi connectivity index (χ4n) is 1.68. The van der Waals surface area contributed by atoms with Gasteiger partial charge in [0.2, 0.25) is 0 Å². The van der Waals surface area contributed by atoms with Gasteiger partial charge in [0, 0.05) is 40.2 Å². The Morgan fingerprint density at radius 1 is 0.783 bits per heavy atom. The van der Waals surface area contributed by atoms with E-state index in [9.17, 15) is 0 Å². The molecular weight excluding hydrogens is 360 g/mol. The second-order valence-corrected chi connectivity index (χ2v) is 3.69. The summed E-state index contributed by atoms with van der Waals surface area (Å²) in [5, 5.41) is 29.6. The molecule has 0 aliphatic rings. The van der Waals surface area contributed by atoms with Crippen molar-refractivity contribution in [1.82, 2.24) is 9.97 Å². The molecule has 3 rings (SSSR count). The van der Waals surface area contributed by atoms with E-state index in [2.05, 4.69) is 34.2 Å². The van der Waals surface area contributed by atoms with Gasteiger partial charge in [-0.05, 0) is 12.1 Å². The van der Waals surface area contributed by atoms with E-state index < -0.39 is 10.2 Å². The average molecular weight is 370 g/mol. The first kappa shape index (κ1) is 20.0. The van der Waals surface area contributed by atoms with Crippen LogP contribution in [0.25, 0.3) is 21.8 Å². The molecular formula is C12H10CuN4O6. The Kier molecular flexibility index (Phi) is 8.52. The predicted molar refractivity (Wildman–Crippen MR) is 74.6 cm³/mol. The third kappa shape index (κ3) is 6.98. The van der Waals surface area contributed by atoms with Crippen molar-refractivity contribution >= 4 is 21.8 Å². The van der Waals surface area contributed by atoms with Crippen molar-refractivity contribution in [3.63, 3.8) is 0 Å². The smallest absolute Gasteiger partial charge is 0.291 e. The molecule has 0 spiro atoms. The molecule has 0 aliphatic heterocycles. The molecule has 0 fully saturated rings. The zero-order valence-electron chi connectivity index (χ0n) is 11.2. The van der Waals surface area contributed by atoms with Gasteiger partial charge in [-0.2, -0.15) is 0 Å². The van der Waals surface area contributed by atoms with Crippen molar-refractivity contribution in [3.05, 3.63) is 69.0 Å². The molecule has 0 amide bonds. The zero-order chi connectivity index (χ0) is 16.5. The Labute approximate surface area is 139 Å². The van der Waals surface area contributed by atoms with E-state index in [0.29, 0.717) is 0 Å². The minimum atomic E-state index is -1.50. The van der Waals surface area contributed by atoms with E-state index in [0.717, 1.165) is 21.8 Å². The van der Waals surface area contributed by atoms with Crippen LogP contribution in [0, 0.1) is 20.2 Å². The average Bonchev–Trinajstić information content (AvgIpc) is 2.46. The van der Waals surface area contributed by atoms with Gasteiger partial charge in [-0.3, -0.25) is 9.97 Å². The second-order valence-electron chi connectivity index (χ2n) is 3.69. The Balaban J connectivity index is 0.000000461. The van der Waals surface area contributed by atoms with Crippen molar-refractivity contribution < 1.29 is 37.7 Å². The van der Waals surface area contributed by atoms with Crippen LogP contribution in [0.1, 0.15) is 0 Å². The standard InChI is InChI=1S/C12H8N2.Cu.2HNO3/c1-3-9-5-6-10-4-2-8-14-12(10)11(9)13-7-1;;2*2-1(3)4/h1-8H;;2*(H,2,3,4). The van der Waals surface area contributed by atoms with Crippen LogP contribution in [0.3, 0.4) is 0 Å². The van der Waals surface area contributed by atoms with Crippen molar-refractivity contribution in [2.75, 3.05) is 0 Å². The number of benzene rings is 1. The maximum atomic E-state index is 8.36. The molecule has 10 nitrogen and oxygen atoms in total. The topological polar surface area (TPSA) is 153 Å². The molecule has 0 unspecified atom stereocenters. The molecule has 2 aromatic heterocycles. The number of hydrogen-bond donors (Lipinski definition) is 2. The summed E-state index contributed by atoms with van der Waals surface area (Å²) in [5.41, 5.74) is 1.95. The van der Waals surface area contributed by atoms with Gasteiger partial charge in [-0.25, -0.2) is 0 Å². The number of aromatic nitrogens is 2. The molecule has 1 aromatic carbocycles. The fourth-order valence-corrected chi connectivity index (χ4v) is 1.68. The molecule has 0 bridgehead atoms. The van der Waals surface area contributed by atoms with E-state index in [1.54, 1.807) is 12.4 Å². The number of pyridine rings is 2. The first-order valence-corrected chi connectivity index (χ1v) is 5.67. The minimum Gasteiger partial charge on any atom is -0.328 e. The third-order valence-corrected chi connectivity index (χ3v) is 2.34. The summed E-state index contributed by atoms with van der Waals surface area (Å²) in [5.74, 6) is 0. The Morgan fingerprint density at radius 2 is 1.09 bits per heavy atom. The van der Waals surface area contributed by atoms with E-state index in [1.165, 1.54) is 0 Å². The van der Waals surface area contributed by atoms with Crippen LogP contribution in [0.5, 0.6) is 0 Å². The Hall–Kier alpha value is -3.04. The van der Waals surface area contributed by atoms with Crippen LogP contribution >= 0.6 is 0 Å². The van der Waals surface area contributed by atoms with Gasteiger partial charge in [0.15, 0.2) is 0 Å². The maximum Gasteiger partial charge on any atom is 0.291 e. The molecule has 0 saturated carbocycles. The van der Waals surface area contributed by atoms with Gasteiger partial charge in [-0.15, -0.1) is 20.2 Å². The number of fused-ring (bicyclic) bond motifs is 3. The number of hydrogen-bond acceptors (Lipinski definition) is 6. The Bertz CT molecular complexity index is 726. The molecule has 2 heterocycles. The largest absolute Gasteiger partial charge is 0.328 e. The summed E-state index contributed by atoms with van der Waals surface area (Å²) >= 11 is 0. The molecule has 0 saturated heterocycles. The van der Waals surface area contributed by atoms with Gasteiger partial charge in [0.1, 0.15) is 0 Å². The quantitative estimate of drug-likeness (QED) is 0.264. The SMILES string of the molecule is O=[N+]([O-])O.O=[N+]([O-])O.[Cu].c1cnc2c(c1)ccc1cccnc12. The molecule has 1 radical (unpaired) electrons. The van der Waals surface area contributed by atoms with Gasteiger partial charge in [0.25, 0.3) is 10.2 Å². The normalized spacial score (nSPS) is 8.70. The number of nitrogens with zero attached hydrogens (tertiary/aromatic N) is 4. The minimum absolute atomic E-state index is 0. The van der Waals surface area contributed by atoms with Crippen molar-refractivity contribution in [2.24, 2.45) is 0 Å². The third-order valence-electron chi connectivity index (χ3n) is 2.34. The molecule has 0 atom stereocenters. The Morgan fingerprint density at radius 3 is 1.39 bits per heavy atom. The fraction of sp³-hybridized carbons (Fsp3) is 0. The van der Waals surface area contributed by atoms with Gasteiger partial charge in [0.05, 0.1) is 11.0 Å². The van der Waals surface area contributed by atoms with Gasteiger partial charge >= 0.3 is 0 Å². The predicted octanol–water partition coefficient (Wildman–Crippen LogP) is 2.09. The van der Waals surface area contributed by atoms with Gasteiger partial charge in [-0.1, -0.05) is 24.3 Å². The monoisotopic (exact) mass is 369 g/mol. The summed E-state index contributed by atoms with van der Waals surface area (Å²) in [4.78, 5) is 25.4. The summed E-state index contributed by atoms with van der Waals surface area (Å²) in [7, 11) is 0. The number of rotatable bonds is 0. The van der Waals surface area contributed by atoms with Crippen molar-refractivity contribution in [2.45, 2.75) is 0 Å². The summed E-state index contributed by atoms with van der Waals surface area (Å²) < 4.78 is 0. The molecule has 125 valence electrons. The van der Waals surface area contributed by atoms with Crippen molar-refractivity contribution in [1.29, 1.82) is 0 Å². The van der Waals surface area contributed by atoms with Crippen LogP contribution < -0.4 is 0 Å². The summed E-state index contributed by atoms with van der Waals surface area (Å²) in [6.07, 6.45) is 3.60. The first-order valence-electron chi connectivity index (χ1n) is 5.67. The van der Waals surface area contributed by atoms with Gasteiger partial charge < -0.3 is 10.4 Å². The van der Waals surface area contributed by atoms with E-state index in [4.69, 9.17) is 30.6 Å². The van der Waals surface area contributed by atoms with Crippen LogP contribution in [0.4, 0.5) is 0 Å².